The number of hydrogen-bond acceptors (Lipinski definition) is 3. The van der Waals surface area contributed by atoms with Gasteiger partial charge in [0.15, 0.2) is 0 Å². The van der Waals surface area contributed by atoms with Gasteiger partial charge in [0.05, 0.1) is 18.8 Å². The van der Waals surface area contributed by atoms with E-state index in [1.54, 1.807) is 4.68 Å². The van der Waals surface area contributed by atoms with Crippen molar-refractivity contribution < 1.29 is 5.11 Å². The minimum Gasteiger partial charge on any atom is -0.391 e. The summed E-state index contributed by atoms with van der Waals surface area (Å²) in [7, 11) is 0. The van der Waals surface area contributed by atoms with Crippen LogP contribution >= 0.6 is 0 Å². The van der Waals surface area contributed by atoms with Crippen molar-refractivity contribution in [2.75, 3.05) is 0 Å². The van der Waals surface area contributed by atoms with Crippen molar-refractivity contribution in [3.63, 3.8) is 0 Å². The van der Waals surface area contributed by atoms with E-state index in [2.05, 4.69) is 10.3 Å². The van der Waals surface area contributed by atoms with Crippen molar-refractivity contribution in [1.82, 2.24) is 15.0 Å². The molecular weight excluding hydrogens is 202 g/mol. The molecule has 1 N–H and O–H groups in total. The van der Waals surface area contributed by atoms with Crippen LogP contribution in [0.3, 0.4) is 0 Å². The molecule has 2 aromatic rings. The minimum absolute atomic E-state index is 0.356. The molecule has 0 amide bonds. The number of aliphatic hydroxyl groups excluding tert-OH is 1. The molecule has 0 aliphatic rings. The molecule has 0 saturated heterocycles. The standard InChI is InChI=1S/C12H15N3O/c1-2-11(16)8-15-9-12(13-14-15)10-6-4-3-5-7-10/h3-7,9,11,16H,2,8H2,1H3. The van der Waals surface area contributed by atoms with Gasteiger partial charge in [-0.05, 0) is 6.42 Å². The van der Waals surface area contributed by atoms with Crippen molar-refractivity contribution in [1.29, 1.82) is 0 Å². The molecule has 0 bridgehead atoms. The molecule has 1 atom stereocenters. The summed E-state index contributed by atoms with van der Waals surface area (Å²) in [6.45, 7) is 2.44. The number of aliphatic hydroxyl groups is 1. The lowest BCUT2D eigenvalue weighted by molar-refractivity contribution is 0.144. The Balaban J connectivity index is 2.14. The van der Waals surface area contributed by atoms with Crippen molar-refractivity contribution in [3.05, 3.63) is 36.5 Å². The number of benzene rings is 1. The highest BCUT2D eigenvalue weighted by atomic mass is 16.3. The average molecular weight is 217 g/mol. The maximum Gasteiger partial charge on any atom is 0.113 e. The summed E-state index contributed by atoms with van der Waals surface area (Å²) in [5, 5.41) is 17.6. The van der Waals surface area contributed by atoms with Gasteiger partial charge in [-0.25, -0.2) is 4.68 Å². The largest absolute Gasteiger partial charge is 0.391 e. The van der Waals surface area contributed by atoms with Crippen LogP contribution in [0.1, 0.15) is 13.3 Å². The first kappa shape index (κ1) is 10.8. The highest BCUT2D eigenvalue weighted by Crippen LogP contribution is 2.14. The average Bonchev–Trinajstić information content (AvgIpc) is 2.78. The van der Waals surface area contributed by atoms with Gasteiger partial charge in [-0.3, -0.25) is 0 Å². The van der Waals surface area contributed by atoms with Crippen LogP contribution in [0.4, 0.5) is 0 Å². The first-order valence-electron chi connectivity index (χ1n) is 5.43. The van der Waals surface area contributed by atoms with E-state index in [-0.39, 0.29) is 6.10 Å². The van der Waals surface area contributed by atoms with Gasteiger partial charge in [-0.1, -0.05) is 42.5 Å². The Morgan fingerprint density at radius 3 is 2.75 bits per heavy atom. The molecule has 4 nitrogen and oxygen atoms in total. The highest BCUT2D eigenvalue weighted by Gasteiger charge is 2.06. The molecule has 4 heteroatoms. The molecule has 0 saturated carbocycles. The SMILES string of the molecule is CCC(O)Cn1cc(-c2ccccc2)nn1. The van der Waals surface area contributed by atoms with Crippen molar-refractivity contribution in [2.45, 2.75) is 26.0 Å². The number of hydrogen-bond donors (Lipinski definition) is 1. The van der Waals surface area contributed by atoms with Gasteiger partial charge in [0, 0.05) is 5.56 Å². The van der Waals surface area contributed by atoms with E-state index in [0.29, 0.717) is 6.54 Å². The lowest BCUT2D eigenvalue weighted by Crippen LogP contribution is -2.15. The fourth-order valence-electron chi connectivity index (χ4n) is 1.47. The zero-order valence-corrected chi connectivity index (χ0v) is 9.24. The molecule has 1 aromatic heterocycles. The predicted molar refractivity (Wildman–Crippen MR) is 61.8 cm³/mol. The first-order chi connectivity index (χ1) is 7.79. The second-order valence-corrected chi connectivity index (χ2v) is 3.75. The maximum atomic E-state index is 9.50. The predicted octanol–water partition coefficient (Wildman–Crippen LogP) is 1.72. The molecular formula is C12H15N3O. The van der Waals surface area contributed by atoms with Gasteiger partial charge in [-0.2, -0.15) is 0 Å². The monoisotopic (exact) mass is 217 g/mol. The van der Waals surface area contributed by atoms with Crippen LogP contribution in [0.5, 0.6) is 0 Å². The molecule has 0 aliphatic heterocycles. The van der Waals surface area contributed by atoms with Gasteiger partial charge in [0.2, 0.25) is 0 Å². The van der Waals surface area contributed by atoms with E-state index in [0.717, 1.165) is 17.7 Å². The van der Waals surface area contributed by atoms with E-state index in [9.17, 15) is 5.11 Å². The van der Waals surface area contributed by atoms with E-state index >= 15 is 0 Å². The molecule has 0 spiro atoms. The molecule has 0 radical (unpaired) electrons. The maximum absolute atomic E-state index is 9.50. The second kappa shape index (κ2) is 4.90. The molecule has 1 aromatic carbocycles. The zero-order valence-electron chi connectivity index (χ0n) is 9.24. The summed E-state index contributed by atoms with van der Waals surface area (Å²) in [6, 6.07) is 9.88. The Bertz CT molecular complexity index is 439. The summed E-state index contributed by atoms with van der Waals surface area (Å²) in [5.74, 6) is 0. The van der Waals surface area contributed by atoms with Gasteiger partial charge < -0.3 is 5.11 Å². The fourth-order valence-corrected chi connectivity index (χ4v) is 1.47. The van der Waals surface area contributed by atoms with Crippen molar-refractivity contribution >= 4 is 0 Å². The molecule has 16 heavy (non-hydrogen) atoms. The van der Waals surface area contributed by atoms with Crippen LogP contribution in [-0.2, 0) is 6.54 Å². The Labute approximate surface area is 94.5 Å². The Kier molecular flexibility index (Phi) is 3.31. The third-order valence-corrected chi connectivity index (χ3v) is 2.48. The minimum atomic E-state index is -0.356. The third-order valence-electron chi connectivity index (χ3n) is 2.48. The van der Waals surface area contributed by atoms with Crippen molar-refractivity contribution in [3.8, 4) is 11.3 Å². The Morgan fingerprint density at radius 2 is 2.06 bits per heavy atom. The first-order valence-corrected chi connectivity index (χ1v) is 5.43. The molecule has 0 fully saturated rings. The normalized spacial score (nSPS) is 12.6. The molecule has 84 valence electrons. The zero-order chi connectivity index (χ0) is 11.4. The van der Waals surface area contributed by atoms with Crippen molar-refractivity contribution in [2.24, 2.45) is 0 Å². The number of rotatable bonds is 4. The molecule has 1 heterocycles. The number of aromatic nitrogens is 3. The molecule has 2 rings (SSSR count). The van der Waals surface area contributed by atoms with E-state index in [1.807, 2.05) is 43.5 Å². The van der Waals surface area contributed by atoms with E-state index in [4.69, 9.17) is 0 Å². The van der Waals surface area contributed by atoms with Crippen LogP contribution in [0.25, 0.3) is 11.3 Å². The fraction of sp³-hybridized carbons (Fsp3) is 0.333. The van der Waals surface area contributed by atoms with Crippen LogP contribution in [-0.4, -0.2) is 26.2 Å². The lowest BCUT2D eigenvalue weighted by atomic mass is 10.2. The van der Waals surface area contributed by atoms with Gasteiger partial charge in [-0.15, -0.1) is 5.10 Å². The quantitative estimate of drug-likeness (QED) is 0.848. The van der Waals surface area contributed by atoms with E-state index in [1.165, 1.54) is 0 Å². The molecule has 0 aliphatic carbocycles. The highest BCUT2D eigenvalue weighted by molar-refractivity contribution is 5.57. The van der Waals surface area contributed by atoms with Crippen LogP contribution in [0.15, 0.2) is 36.5 Å². The summed E-state index contributed by atoms with van der Waals surface area (Å²) in [6.07, 6.45) is 2.22. The summed E-state index contributed by atoms with van der Waals surface area (Å²) >= 11 is 0. The van der Waals surface area contributed by atoms with Crippen LogP contribution in [0.2, 0.25) is 0 Å². The summed E-state index contributed by atoms with van der Waals surface area (Å²) < 4.78 is 1.68. The Morgan fingerprint density at radius 1 is 1.31 bits per heavy atom. The van der Waals surface area contributed by atoms with Gasteiger partial charge in [0.1, 0.15) is 5.69 Å². The van der Waals surface area contributed by atoms with Gasteiger partial charge >= 0.3 is 0 Å². The third kappa shape index (κ3) is 2.46. The summed E-state index contributed by atoms with van der Waals surface area (Å²) in [5.41, 5.74) is 1.88. The van der Waals surface area contributed by atoms with Crippen LogP contribution in [0, 0.1) is 0 Å². The molecule has 1 unspecified atom stereocenters. The number of nitrogens with zero attached hydrogens (tertiary/aromatic N) is 3. The summed E-state index contributed by atoms with van der Waals surface area (Å²) in [4.78, 5) is 0. The van der Waals surface area contributed by atoms with E-state index < -0.39 is 0 Å². The lowest BCUT2D eigenvalue weighted by Gasteiger charge is -2.05. The Hall–Kier alpha value is -1.68. The smallest absolute Gasteiger partial charge is 0.113 e. The second-order valence-electron chi connectivity index (χ2n) is 3.75. The van der Waals surface area contributed by atoms with Crippen LogP contribution < -0.4 is 0 Å². The topological polar surface area (TPSA) is 50.9 Å². The van der Waals surface area contributed by atoms with Gasteiger partial charge in [0.25, 0.3) is 0 Å².